The second-order valence-electron chi connectivity index (χ2n) is 8.46. The van der Waals surface area contributed by atoms with E-state index in [1.54, 1.807) is 12.1 Å². The molecule has 4 fully saturated rings. The van der Waals surface area contributed by atoms with Gasteiger partial charge in [-0.3, -0.25) is 10.1 Å². The molecule has 0 spiro atoms. The van der Waals surface area contributed by atoms with Crippen molar-refractivity contribution in [2.24, 2.45) is 23.2 Å². The number of hydrogen-bond acceptors (Lipinski definition) is 4. The highest BCUT2D eigenvalue weighted by molar-refractivity contribution is 5.94. The summed E-state index contributed by atoms with van der Waals surface area (Å²) in [5, 5.41) is 10.9. The summed E-state index contributed by atoms with van der Waals surface area (Å²) in [4.78, 5) is 13.0. The largest absolute Gasteiger partial charge is 0.407 e. The third-order valence-electron chi connectivity index (χ3n) is 6.48. The van der Waals surface area contributed by atoms with Crippen LogP contribution in [0.5, 0.6) is 0 Å². The highest BCUT2D eigenvalue weighted by Crippen LogP contribution is 2.60. The molecule has 2 aromatic rings. The smallest absolute Gasteiger partial charge is 0.322 e. The molecule has 4 saturated carbocycles. The van der Waals surface area contributed by atoms with Crippen LogP contribution in [0, 0.1) is 29.0 Å². The number of carbonyl (C=O) groups excluding carboxylic acids is 1. The molecule has 1 aromatic heterocycles. The fraction of sp³-hybridized carbons (Fsp3) is 0.550. The molecule has 6 rings (SSSR count). The zero-order chi connectivity index (χ0) is 17.7. The molecule has 0 radical (unpaired) electrons. The number of nitrogens with one attached hydrogen (secondary N) is 1. The first kappa shape index (κ1) is 16.0. The average Bonchev–Trinajstić information content (AvgIpc) is 3.03. The van der Waals surface area contributed by atoms with Crippen LogP contribution in [0.15, 0.2) is 28.7 Å². The molecule has 4 bridgehead atoms. The molecule has 5 nitrogen and oxygen atoms in total. The maximum absolute atomic E-state index is 13.0. The van der Waals surface area contributed by atoms with Crippen LogP contribution in [0.4, 0.5) is 10.4 Å². The van der Waals surface area contributed by atoms with E-state index in [2.05, 4.69) is 15.5 Å². The topological polar surface area (TPSA) is 68.0 Å². The first-order valence-corrected chi connectivity index (χ1v) is 9.46. The molecule has 136 valence electrons. The van der Waals surface area contributed by atoms with Crippen molar-refractivity contribution >= 4 is 11.9 Å². The third-order valence-corrected chi connectivity index (χ3v) is 6.48. The van der Waals surface area contributed by atoms with Gasteiger partial charge in [-0.05, 0) is 74.0 Å². The standard InChI is InChI=1S/C20H22FN3O2/c21-16-3-1-12(2-4-16)8-17-23-24-19(26-17)22-18(25)20-9-13-5-14(10-20)7-15(6-13)11-20/h1-4,13-15H,5-11H2,(H,22,24,25). The molecular formula is C20H22FN3O2. The van der Waals surface area contributed by atoms with Crippen LogP contribution in [0.2, 0.25) is 0 Å². The maximum atomic E-state index is 13.0. The molecule has 4 aliphatic carbocycles. The summed E-state index contributed by atoms with van der Waals surface area (Å²) in [5.41, 5.74) is 0.648. The van der Waals surface area contributed by atoms with E-state index < -0.39 is 0 Å². The van der Waals surface area contributed by atoms with Gasteiger partial charge in [0.25, 0.3) is 0 Å². The van der Waals surface area contributed by atoms with E-state index in [9.17, 15) is 9.18 Å². The Morgan fingerprint density at radius 3 is 2.31 bits per heavy atom. The number of carbonyl (C=O) groups is 1. The molecule has 1 N–H and O–H groups in total. The fourth-order valence-corrected chi connectivity index (χ4v) is 5.77. The van der Waals surface area contributed by atoms with E-state index in [1.807, 2.05) is 0 Å². The highest BCUT2D eigenvalue weighted by Gasteiger charge is 2.54. The first-order chi connectivity index (χ1) is 12.6. The predicted octanol–water partition coefficient (Wildman–Crippen LogP) is 3.95. The SMILES string of the molecule is O=C(Nc1nnc(Cc2ccc(F)cc2)o1)C12CC3CC(CC(C3)C1)C2. The van der Waals surface area contributed by atoms with Crippen LogP contribution in [0.3, 0.4) is 0 Å². The Morgan fingerprint density at radius 2 is 1.69 bits per heavy atom. The van der Waals surface area contributed by atoms with Crippen molar-refractivity contribution in [2.75, 3.05) is 5.32 Å². The van der Waals surface area contributed by atoms with Crippen molar-refractivity contribution in [3.05, 3.63) is 41.5 Å². The van der Waals surface area contributed by atoms with Gasteiger partial charge in [0.05, 0.1) is 11.8 Å². The Balaban J connectivity index is 1.27. The van der Waals surface area contributed by atoms with Crippen molar-refractivity contribution in [1.29, 1.82) is 0 Å². The van der Waals surface area contributed by atoms with Crippen molar-refractivity contribution in [3.63, 3.8) is 0 Å². The van der Waals surface area contributed by atoms with E-state index in [1.165, 1.54) is 31.4 Å². The summed E-state index contributed by atoms with van der Waals surface area (Å²) < 4.78 is 18.6. The molecule has 1 aromatic carbocycles. The molecule has 0 atom stereocenters. The van der Waals surface area contributed by atoms with Crippen molar-refractivity contribution < 1.29 is 13.6 Å². The number of rotatable bonds is 4. The van der Waals surface area contributed by atoms with Crippen LogP contribution in [0.1, 0.15) is 50.0 Å². The van der Waals surface area contributed by atoms with E-state index in [-0.39, 0.29) is 23.2 Å². The van der Waals surface area contributed by atoms with Crippen LogP contribution >= 0.6 is 0 Å². The van der Waals surface area contributed by atoms with Crippen LogP contribution < -0.4 is 5.32 Å². The zero-order valence-electron chi connectivity index (χ0n) is 14.6. The summed E-state index contributed by atoms with van der Waals surface area (Å²) in [6.45, 7) is 0. The lowest BCUT2D eigenvalue weighted by atomic mass is 9.49. The normalized spacial score (nSPS) is 32.0. The highest BCUT2D eigenvalue weighted by atomic mass is 19.1. The molecule has 4 aliphatic rings. The minimum atomic E-state index is -0.275. The summed E-state index contributed by atoms with van der Waals surface area (Å²) in [7, 11) is 0. The lowest BCUT2D eigenvalue weighted by Gasteiger charge is -2.55. The summed E-state index contributed by atoms with van der Waals surface area (Å²) >= 11 is 0. The fourth-order valence-electron chi connectivity index (χ4n) is 5.77. The summed E-state index contributed by atoms with van der Waals surface area (Å²) in [5.74, 6) is 2.32. The van der Waals surface area contributed by atoms with Crippen molar-refractivity contribution in [2.45, 2.75) is 44.9 Å². The Bertz CT molecular complexity index is 795. The van der Waals surface area contributed by atoms with E-state index in [0.29, 0.717) is 30.1 Å². The summed E-state index contributed by atoms with van der Waals surface area (Å²) in [6, 6.07) is 6.35. The van der Waals surface area contributed by atoms with E-state index >= 15 is 0 Å². The van der Waals surface area contributed by atoms with Gasteiger partial charge in [0.2, 0.25) is 11.8 Å². The maximum Gasteiger partial charge on any atom is 0.322 e. The lowest BCUT2D eigenvalue weighted by molar-refractivity contribution is -0.140. The number of amides is 1. The number of benzene rings is 1. The molecule has 0 aliphatic heterocycles. The van der Waals surface area contributed by atoms with Gasteiger partial charge >= 0.3 is 6.01 Å². The van der Waals surface area contributed by atoms with E-state index in [0.717, 1.165) is 24.8 Å². The number of hydrogen-bond donors (Lipinski definition) is 1. The molecule has 0 saturated heterocycles. The summed E-state index contributed by atoms with van der Waals surface area (Å²) in [6.07, 6.45) is 7.32. The second kappa shape index (κ2) is 5.89. The van der Waals surface area contributed by atoms with Crippen LogP contribution in [-0.4, -0.2) is 16.1 Å². The Labute approximate surface area is 151 Å². The van der Waals surface area contributed by atoms with Gasteiger partial charge in [-0.2, -0.15) is 0 Å². The molecule has 1 amide bonds. The first-order valence-electron chi connectivity index (χ1n) is 9.46. The van der Waals surface area contributed by atoms with Gasteiger partial charge in [0, 0.05) is 0 Å². The minimum absolute atomic E-state index is 0.0496. The van der Waals surface area contributed by atoms with Gasteiger partial charge in [-0.25, -0.2) is 4.39 Å². The lowest BCUT2D eigenvalue weighted by Crippen LogP contribution is -2.51. The van der Waals surface area contributed by atoms with E-state index in [4.69, 9.17) is 4.42 Å². The predicted molar refractivity (Wildman–Crippen MR) is 92.7 cm³/mol. The number of aromatic nitrogens is 2. The van der Waals surface area contributed by atoms with Gasteiger partial charge in [0.15, 0.2) is 0 Å². The molecule has 26 heavy (non-hydrogen) atoms. The quantitative estimate of drug-likeness (QED) is 0.901. The molecular weight excluding hydrogens is 333 g/mol. The zero-order valence-corrected chi connectivity index (χ0v) is 14.6. The number of nitrogens with zero attached hydrogens (tertiary/aromatic N) is 2. The number of anilines is 1. The van der Waals surface area contributed by atoms with Crippen LogP contribution in [0.25, 0.3) is 0 Å². The number of halogens is 1. The van der Waals surface area contributed by atoms with Gasteiger partial charge in [-0.15, -0.1) is 5.10 Å². The Kier molecular flexibility index (Phi) is 3.62. The average molecular weight is 355 g/mol. The molecule has 1 heterocycles. The monoisotopic (exact) mass is 355 g/mol. The van der Waals surface area contributed by atoms with Crippen molar-refractivity contribution in [1.82, 2.24) is 10.2 Å². The van der Waals surface area contributed by atoms with Crippen molar-refractivity contribution in [3.8, 4) is 0 Å². The second-order valence-corrected chi connectivity index (χ2v) is 8.46. The molecule has 0 unspecified atom stereocenters. The Hall–Kier alpha value is -2.24. The molecule has 6 heteroatoms. The van der Waals surface area contributed by atoms with Gasteiger partial charge in [0.1, 0.15) is 5.82 Å². The van der Waals surface area contributed by atoms with Gasteiger partial charge < -0.3 is 4.42 Å². The van der Waals surface area contributed by atoms with Crippen LogP contribution in [-0.2, 0) is 11.2 Å². The van der Waals surface area contributed by atoms with Gasteiger partial charge in [-0.1, -0.05) is 17.2 Å². The Morgan fingerprint density at radius 1 is 1.08 bits per heavy atom. The minimum Gasteiger partial charge on any atom is -0.407 e. The third kappa shape index (κ3) is 2.81.